The number of hydrogen-bond donors (Lipinski definition) is 0. The zero-order valence-corrected chi connectivity index (χ0v) is 11.6. The van der Waals surface area contributed by atoms with Crippen LogP contribution in [0.2, 0.25) is 0 Å². The number of ketones is 1. The minimum atomic E-state index is -0.300. The monoisotopic (exact) mass is 245 g/mol. The van der Waals surface area contributed by atoms with Gasteiger partial charge in [0, 0.05) is 24.1 Å². The van der Waals surface area contributed by atoms with Gasteiger partial charge in [0.15, 0.2) is 5.78 Å². The van der Waals surface area contributed by atoms with Gasteiger partial charge in [-0.25, -0.2) is 0 Å². The van der Waals surface area contributed by atoms with Crippen LogP contribution in [-0.2, 0) is 0 Å². The molecule has 2 rings (SSSR count). The first-order chi connectivity index (χ1) is 8.49. The third-order valence-corrected chi connectivity index (χ3v) is 3.78. The molecule has 1 fully saturated rings. The Balaban J connectivity index is 2.04. The van der Waals surface area contributed by atoms with Gasteiger partial charge in [0.2, 0.25) is 0 Å². The first-order valence-electron chi connectivity index (χ1n) is 6.81. The molecule has 1 atom stereocenters. The van der Waals surface area contributed by atoms with E-state index in [9.17, 15) is 4.79 Å². The molecule has 98 valence electrons. The van der Waals surface area contributed by atoms with Crippen molar-refractivity contribution in [2.75, 3.05) is 19.6 Å². The van der Waals surface area contributed by atoms with Gasteiger partial charge in [-0.1, -0.05) is 51.1 Å². The predicted molar refractivity (Wildman–Crippen MR) is 74.8 cm³/mol. The summed E-state index contributed by atoms with van der Waals surface area (Å²) in [6, 6.07) is 9.64. The Labute approximate surface area is 110 Å². The van der Waals surface area contributed by atoms with Crippen LogP contribution in [0.15, 0.2) is 30.3 Å². The van der Waals surface area contributed by atoms with Crippen LogP contribution in [0.4, 0.5) is 0 Å². The summed E-state index contributed by atoms with van der Waals surface area (Å²) in [7, 11) is 0. The molecule has 0 spiro atoms. The standard InChI is InChI=1S/C16H23NO/c1-13-9-10-17(11-13)12-16(2,3)15(18)14-7-5-4-6-8-14/h4-8,13H,9-12H2,1-3H3. The van der Waals surface area contributed by atoms with E-state index in [0.717, 1.165) is 31.1 Å². The van der Waals surface area contributed by atoms with Gasteiger partial charge >= 0.3 is 0 Å². The lowest BCUT2D eigenvalue weighted by atomic mass is 9.84. The molecule has 0 aliphatic carbocycles. The van der Waals surface area contributed by atoms with E-state index in [-0.39, 0.29) is 11.2 Å². The van der Waals surface area contributed by atoms with E-state index in [2.05, 4.69) is 25.7 Å². The van der Waals surface area contributed by atoms with Crippen molar-refractivity contribution in [2.45, 2.75) is 27.2 Å². The van der Waals surface area contributed by atoms with E-state index in [0.29, 0.717) is 0 Å². The molecular weight excluding hydrogens is 222 g/mol. The summed E-state index contributed by atoms with van der Waals surface area (Å²) >= 11 is 0. The molecule has 0 aromatic heterocycles. The highest BCUT2D eigenvalue weighted by Gasteiger charge is 2.32. The quantitative estimate of drug-likeness (QED) is 0.759. The zero-order valence-electron chi connectivity index (χ0n) is 11.6. The molecule has 1 aromatic rings. The van der Waals surface area contributed by atoms with Crippen LogP contribution in [0.1, 0.15) is 37.6 Å². The lowest BCUT2D eigenvalue weighted by Crippen LogP contribution is -2.38. The molecule has 1 unspecified atom stereocenters. The van der Waals surface area contributed by atoms with Gasteiger partial charge in [-0.2, -0.15) is 0 Å². The van der Waals surface area contributed by atoms with Crippen molar-refractivity contribution in [2.24, 2.45) is 11.3 Å². The summed E-state index contributed by atoms with van der Waals surface area (Å²) < 4.78 is 0. The number of benzene rings is 1. The number of carbonyl (C=O) groups excluding carboxylic acids is 1. The largest absolute Gasteiger partial charge is 0.302 e. The molecule has 0 amide bonds. The van der Waals surface area contributed by atoms with Crippen molar-refractivity contribution in [3.63, 3.8) is 0 Å². The molecule has 0 radical (unpaired) electrons. The second-order valence-corrected chi connectivity index (χ2v) is 6.21. The lowest BCUT2D eigenvalue weighted by molar-refractivity contribution is 0.0780. The van der Waals surface area contributed by atoms with E-state index < -0.39 is 0 Å². The highest BCUT2D eigenvalue weighted by atomic mass is 16.1. The average Bonchev–Trinajstić information content (AvgIpc) is 2.74. The van der Waals surface area contributed by atoms with Crippen molar-refractivity contribution in [3.8, 4) is 0 Å². The topological polar surface area (TPSA) is 20.3 Å². The average molecular weight is 245 g/mol. The Kier molecular flexibility index (Phi) is 3.86. The third-order valence-electron chi connectivity index (χ3n) is 3.78. The molecule has 1 heterocycles. The fraction of sp³-hybridized carbons (Fsp3) is 0.562. The van der Waals surface area contributed by atoms with E-state index >= 15 is 0 Å². The van der Waals surface area contributed by atoms with Crippen LogP contribution in [0.3, 0.4) is 0 Å². The van der Waals surface area contributed by atoms with Crippen LogP contribution >= 0.6 is 0 Å². The fourth-order valence-electron chi connectivity index (χ4n) is 2.78. The van der Waals surface area contributed by atoms with Crippen LogP contribution in [0.5, 0.6) is 0 Å². The molecule has 18 heavy (non-hydrogen) atoms. The van der Waals surface area contributed by atoms with Crippen LogP contribution in [0, 0.1) is 11.3 Å². The Morgan fingerprint density at radius 1 is 1.33 bits per heavy atom. The van der Waals surface area contributed by atoms with Gasteiger partial charge in [-0.05, 0) is 18.9 Å². The normalized spacial score (nSPS) is 21.2. The van der Waals surface area contributed by atoms with Gasteiger partial charge in [0.25, 0.3) is 0 Å². The van der Waals surface area contributed by atoms with E-state index in [1.807, 2.05) is 30.3 Å². The number of Topliss-reactive ketones (excluding diaryl/α,β-unsaturated/α-hetero) is 1. The van der Waals surface area contributed by atoms with E-state index in [1.54, 1.807) is 0 Å². The van der Waals surface area contributed by atoms with Crippen molar-refractivity contribution in [1.29, 1.82) is 0 Å². The minimum Gasteiger partial charge on any atom is -0.302 e. The Morgan fingerprint density at radius 2 is 2.00 bits per heavy atom. The van der Waals surface area contributed by atoms with Crippen molar-refractivity contribution in [1.82, 2.24) is 4.90 Å². The highest BCUT2D eigenvalue weighted by Crippen LogP contribution is 2.26. The second-order valence-electron chi connectivity index (χ2n) is 6.21. The predicted octanol–water partition coefficient (Wildman–Crippen LogP) is 3.24. The molecule has 2 nitrogen and oxygen atoms in total. The second kappa shape index (κ2) is 5.23. The molecule has 1 aromatic carbocycles. The van der Waals surface area contributed by atoms with Crippen LogP contribution < -0.4 is 0 Å². The summed E-state index contributed by atoms with van der Waals surface area (Å²) in [4.78, 5) is 14.9. The van der Waals surface area contributed by atoms with Gasteiger partial charge < -0.3 is 4.90 Å². The highest BCUT2D eigenvalue weighted by molar-refractivity contribution is 6.00. The number of likely N-dealkylation sites (tertiary alicyclic amines) is 1. The minimum absolute atomic E-state index is 0.252. The van der Waals surface area contributed by atoms with Gasteiger partial charge in [0.1, 0.15) is 0 Å². The van der Waals surface area contributed by atoms with Gasteiger partial charge in [0.05, 0.1) is 0 Å². The van der Waals surface area contributed by atoms with Crippen LogP contribution in [-0.4, -0.2) is 30.3 Å². The number of carbonyl (C=O) groups is 1. The molecule has 1 aliphatic rings. The van der Waals surface area contributed by atoms with Gasteiger partial charge in [-0.15, -0.1) is 0 Å². The van der Waals surface area contributed by atoms with Gasteiger partial charge in [-0.3, -0.25) is 4.79 Å². The molecule has 0 N–H and O–H groups in total. The Hall–Kier alpha value is -1.15. The summed E-state index contributed by atoms with van der Waals surface area (Å²) in [6.07, 6.45) is 1.26. The maximum atomic E-state index is 12.5. The molecule has 0 saturated carbocycles. The summed E-state index contributed by atoms with van der Waals surface area (Å²) in [5, 5.41) is 0. The third kappa shape index (κ3) is 2.99. The molecule has 1 saturated heterocycles. The lowest BCUT2D eigenvalue weighted by Gasteiger charge is -2.29. The Bertz CT molecular complexity index is 410. The summed E-state index contributed by atoms with van der Waals surface area (Å²) in [6.45, 7) is 9.53. The van der Waals surface area contributed by atoms with Crippen LogP contribution in [0.25, 0.3) is 0 Å². The zero-order chi connectivity index (χ0) is 13.2. The van der Waals surface area contributed by atoms with Crippen molar-refractivity contribution in [3.05, 3.63) is 35.9 Å². The SMILES string of the molecule is CC1CCN(CC(C)(C)C(=O)c2ccccc2)C1. The van der Waals surface area contributed by atoms with E-state index in [4.69, 9.17) is 0 Å². The molecular formula is C16H23NO. The first kappa shape index (κ1) is 13.3. The molecule has 2 heteroatoms. The maximum absolute atomic E-state index is 12.5. The summed E-state index contributed by atoms with van der Waals surface area (Å²) in [5.74, 6) is 1.02. The van der Waals surface area contributed by atoms with Crippen molar-refractivity contribution < 1.29 is 4.79 Å². The smallest absolute Gasteiger partial charge is 0.169 e. The number of hydrogen-bond acceptors (Lipinski definition) is 2. The number of nitrogens with zero attached hydrogens (tertiary/aromatic N) is 1. The van der Waals surface area contributed by atoms with Crippen molar-refractivity contribution >= 4 is 5.78 Å². The van der Waals surface area contributed by atoms with E-state index in [1.165, 1.54) is 6.42 Å². The maximum Gasteiger partial charge on any atom is 0.169 e. The molecule has 0 bridgehead atoms. The fourth-order valence-corrected chi connectivity index (χ4v) is 2.78. The summed E-state index contributed by atoms with van der Waals surface area (Å²) in [5.41, 5.74) is 0.528. The number of rotatable bonds is 4. The molecule has 1 aliphatic heterocycles. The first-order valence-corrected chi connectivity index (χ1v) is 6.81. The Morgan fingerprint density at radius 3 is 2.56 bits per heavy atom.